The molecule has 1 amide bonds. The third-order valence-corrected chi connectivity index (χ3v) is 6.03. The molecule has 1 saturated heterocycles. The number of hydrogen-bond donors (Lipinski definition) is 0. The quantitative estimate of drug-likeness (QED) is 0.685. The number of sulfone groups is 1. The highest BCUT2D eigenvalue weighted by Gasteiger charge is 2.33. The van der Waals surface area contributed by atoms with Crippen LogP contribution in [0.4, 0.5) is 4.39 Å². The second-order valence-corrected chi connectivity index (χ2v) is 8.48. The Morgan fingerprint density at radius 3 is 2.68 bits per heavy atom. The van der Waals surface area contributed by atoms with E-state index in [-0.39, 0.29) is 42.4 Å². The van der Waals surface area contributed by atoms with Gasteiger partial charge >= 0.3 is 0 Å². The summed E-state index contributed by atoms with van der Waals surface area (Å²) >= 11 is 0. The lowest BCUT2D eigenvalue weighted by atomic mass is 10.2. The third-order valence-electron chi connectivity index (χ3n) is 4.28. The smallest absolute Gasteiger partial charge is 0.237 e. The lowest BCUT2D eigenvalue weighted by molar-refractivity contribution is -0.133. The van der Waals surface area contributed by atoms with Gasteiger partial charge in [-0.25, -0.2) is 12.8 Å². The molecule has 8 heteroatoms. The Balaban J connectivity index is 1.79. The molecular weight excluding hydrogens is 347 g/mol. The van der Waals surface area contributed by atoms with Crippen molar-refractivity contribution in [3.8, 4) is 5.75 Å². The number of ether oxygens (including phenoxy) is 1. The highest BCUT2D eigenvalue weighted by Crippen LogP contribution is 2.18. The summed E-state index contributed by atoms with van der Waals surface area (Å²) in [6.07, 6.45) is 0.502. The predicted octanol–water partition coefficient (Wildman–Crippen LogP) is 1.17. The van der Waals surface area contributed by atoms with Crippen LogP contribution in [0.1, 0.15) is 13.3 Å². The molecule has 1 fully saturated rings. The number of carbonyl (C=O) groups excluding carboxylic acids is 1. The topological polar surface area (TPSA) is 66.9 Å². The minimum absolute atomic E-state index is 0.0483. The Morgan fingerprint density at radius 2 is 2.08 bits per heavy atom. The van der Waals surface area contributed by atoms with E-state index in [1.807, 2.05) is 6.92 Å². The molecule has 0 bridgehead atoms. The number of carbonyl (C=O) groups is 1. The van der Waals surface area contributed by atoms with Gasteiger partial charge in [0.1, 0.15) is 6.61 Å². The van der Waals surface area contributed by atoms with Crippen LogP contribution in [0.2, 0.25) is 0 Å². The first kappa shape index (κ1) is 19.7. The molecule has 0 aromatic heterocycles. The molecule has 0 N–H and O–H groups in total. The Hall–Kier alpha value is -1.67. The number of likely N-dealkylation sites (N-methyl/N-ethyl adjacent to an activating group) is 2. The summed E-state index contributed by atoms with van der Waals surface area (Å²) in [5, 5.41) is 0. The molecule has 0 spiro atoms. The molecule has 2 rings (SSSR count). The monoisotopic (exact) mass is 372 g/mol. The molecule has 0 radical (unpaired) electrons. The van der Waals surface area contributed by atoms with Crippen molar-refractivity contribution in [3.63, 3.8) is 0 Å². The van der Waals surface area contributed by atoms with Crippen molar-refractivity contribution < 1.29 is 22.3 Å². The van der Waals surface area contributed by atoms with E-state index in [9.17, 15) is 17.6 Å². The summed E-state index contributed by atoms with van der Waals surface area (Å²) < 4.78 is 42.1. The standard InChI is InChI=1S/C17H25FN2O4S/c1-3-20(14-8-11-25(22,23)13-14)17(21)12-19(2)9-10-24-16-7-5-4-6-15(16)18/h4-7,14H,3,8-13H2,1-2H3. The molecule has 140 valence electrons. The van der Waals surface area contributed by atoms with Gasteiger partial charge in [0.15, 0.2) is 21.4 Å². The van der Waals surface area contributed by atoms with Gasteiger partial charge in [0.2, 0.25) is 5.91 Å². The average molecular weight is 372 g/mol. The van der Waals surface area contributed by atoms with E-state index in [4.69, 9.17) is 4.74 Å². The summed E-state index contributed by atoms with van der Waals surface area (Å²) in [4.78, 5) is 15.9. The van der Waals surface area contributed by atoms with Gasteiger partial charge in [-0.15, -0.1) is 0 Å². The van der Waals surface area contributed by atoms with Gasteiger partial charge in [-0.2, -0.15) is 0 Å². The van der Waals surface area contributed by atoms with Gasteiger partial charge in [0.25, 0.3) is 0 Å². The molecule has 25 heavy (non-hydrogen) atoms. The van der Waals surface area contributed by atoms with Gasteiger partial charge in [0.05, 0.1) is 18.1 Å². The number of halogens is 1. The van der Waals surface area contributed by atoms with Crippen LogP contribution >= 0.6 is 0 Å². The molecule has 1 unspecified atom stereocenters. The number of rotatable bonds is 8. The highest BCUT2D eigenvalue weighted by molar-refractivity contribution is 7.91. The Kier molecular flexibility index (Phi) is 6.78. The van der Waals surface area contributed by atoms with Crippen LogP contribution < -0.4 is 4.74 Å². The number of nitrogens with zero attached hydrogens (tertiary/aromatic N) is 2. The summed E-state index contributed by atoms with van der Waals surface area (Å²) in [5.41, 5.74) is 0. The molecule has 1 aliphatic heterocycles. The number of amides is 1. The summed E-state index contributed by atoms with van der Waals surface area (Å²) in [6.45, 7) is 3.23. The lowest BCUT2D eigenvalue weighted by Gasteiger charge is -2.29. The number of benzene rings is 1. The number of hydrogen-bond acceptors (Lipinski definition) is 5. The van der Waals surface area contributed by atoms with Crippen LogP contribution in [0.5, 0.6) is 5.75 Å². The fraction of sp³-hybridized carbons (Fsp3) is 0.588. The molecule has 6 nitrogen and oxygen atoms in total. The van der Waals surface area contributed by atoms with Gasteiger partial charge < -0.3 is 9.64 Å². The maximum absolute atomic E-state index is 13.5. The maximum Gasteiger partial charge on any atom is 0.237 e. The maximum atomic E-state index is 13.5. The molecule has 1 atom stereocenters. The molecule has 0 saturated carbocycles. The van der Waals surface area contributed by atoms with Crippen LogP contribution in [0.3, 0.4) is 0 Å². The zero-order valence-corrected chi connectivity index (χ0v) is 15.5. The highest BCUT2D eigenvalue weighted by atomic mass is 32.2. The normalized spacial score (nSPS) is 19.1. The van der Waals surface area contributed by atoms with E-state index in [0.29, 0.717) is 19.5 Å². The molecule has 1 aliphatic rings. The fourth-order valence-corrected chi connectivity index (χ4v) is 4.66. The summed E-state index contributed by atoms with van der Waals surface area (Å²) in [6, 6.07) is 5.94. The van der Waals surface area contributed by atoms with E-state index in [0.717, 1.165) is 0 Å². The SMILES string of the molecule is CCN(C(=O)CN(C)CCOc1ccccc1F)C1CCS(=O)(=O)C1. The Bertz CT molecular complexity index is 696. The van der Waals surface area contributed by atoms with Crippen molar-refractivity contribution in [2.45, 2.75) is 19.4 Å². The van der Waals surface area contributed by atoms with E-state index in [2.05, 4.69) is 0 Å². The van der Waals surface area contributed by atoms with Crippen molar-refractivity contribution >= 4 is 15.7 Å². The van der Waals surface area contributed by atoms with E-state index in [1.54, 1.807) is 35.0 Å². The first-order valence-electron chi connectivity index (χ1n) is 8.38. The first-order valence-corrected chi connectivity index (χ1v) is 10.2. The summed E-state index contributed by atoms with van der Waals surface area (Å²) in [5.74, 6) is -0.132. The predicted molar refractivity (Wildman–Crippen MR) is 93.8 cm³/mol. The second kappa shape index (κ2) is 8.62. The molecule has 1 aromatic carbocycles. The van der Waals surface area contributed by atoms with Crippen LogP contribution in [-0.4, -0.2) is 75.0 Å². The Morgan fingerprint density at radius 1 is 1.36 bits per heavy atom. The van der Waals surface area contributed by atoms with Crippen LogP contribution in [0.15, 0.2) is 24.3 Å². The van der Waals surface area contributed by atoms with E-state index < -0.39 is 15.7 Å². The third kappa shape index (κ3) is 5.67. The van der Waals surface area contributed by atoms with Crippen molar-refractivity contribution in [1.82, 2.24) is 9.80 Å². The molecule has 1 heterocycles. The minimum atomic E-state index is -3.02. The average Bonchev–Trinajstić information content (AvgIpc) is 2.89. The van der Waals surface area contributed by atoms with Crippen molar-refractivity contribution in [1.29, 1.82) is 0 Å². The zero-order valence-electron chi connectivity index (χ0n) is 14.7. The zero-order chi connectivity index (χ0) is 18.4. The van der Waals surface area contributed by atoms with Crippen LogP contribution in [0.25, 0.3) is 0 Å². The lowest BCUT2D eigenvalue weighted by Crippen LogP contribution is -2.46. The van der Waals surface area contributed by atoms with Crippen molar-refractivity contribution in [2.24, 2.45) is 0 Å². The van der Waals surface area contributed by atoms with Crippen LogP contribution in [0, 0.1) is 5.82 Å². The van der Waals surface area contributed by atoms with Gasteiger partial charge in [0, 0.05) is 19.1 Å². The Labute approximate surface area is 148 Å². The fourth-order valence-electron chi connectivity index (χ4n) is 2.93. The molecule has 1 aromatic rings. The van der Waals surface area contributed by atoms with Gasteiger partial charge in [-0.3, -0.25) is 9.69 Å². The van der Waals surface area contributed by atoms with Crippen LogP contribution in [-0.2, 0) is 14.6 Å². The summed E-state index contributed by atoms with van der Waals surface area (Å²) in [7, 11) is -1.24. The van der Waals surface area contributed by atoms with Gasteiger partial charge in [-0.05, 0) is 32.5 Å². The first-order chi connectivity index (χ1) is 11.8. The molecular formula is C17H25FN2O4S. The number of para-hydroxylation sites is 1. The van der Waals surface area contributed by atoms with E-state index >= 15 is 0 Å². The minimum Gasteiger partial charge on any atom is -0.489 e. The second-order valence-electron chi connectivity index (χ2n) is 6.25. The van der Waals surface area contributed by atoms with Crippen molar-refractivity contribution in [3.05, 3.63) is 30.1 Å². The largest absolute Gasteiger partial charge is 0.489 e. The van der Waals surface area contributed by atoms with Gasteiger partial charge in [-0.1, -0.05) is 12.1 Å². The van der Waals surface area contributed by atoms with Crippen molar-refractivity contribution in [2.75, 3.05) is 44.8 Å². The van der Waals surface area contributed by atoms with E-state index in [1.165, 1.54) is 6.07 Å². The molecule has 0 aliphatic carbocycles.